The van der Waals surface area contributed by atoms with Crippen molar-refractivity contribution in [2.45, 2.75) is 23.7 Å². The zero-order valence-electron chi connectivity index (χ0n) is 34.4. The van der Waals surface area contributed by atoms with Gasteiger partial charge < -0.3 is 4.90 Å². The molecule has 1 heteroatoms. The van der Waals surface area contributed by atoms with Crippen LogP contribution in [0.15, 0.2) is 218 Å². The average molecular weight is 788 g/mol. The molecular formula is C61H41N. The van der Waals surface area contributed by atoms with Gasteiger partial charge in [0.25, 0.3) is 0 Å². The largest absolute Gasteiger partial charge is 0.310 e. The molecular weight excluding hydrogens is 747 g/mol. The maximum absolute atomic E-state index is 4.27. The van der Waals surface area contributed by atoms with Crippen LogP contribution in [0.4, 0.5) is 17.1 Å². The minimum Gasteiger partial charge on any atom is -0.310 e. The first kappa shape index (κ1) is 34.3. The van der Waals surface area contributed by atoms with E-state index in [1.807, 2.05) is 6.08 Å². The molecule has 8 aromatic rings. The van der Waals surface area contributed by atoms with Crippen LogP contribution in [0.1, 0.15) is 57.3 Å². The third-order valence-electron chi connectivity index (χ3n) is 15.4. The highest BCUT2D eigenvalue weighted by Crippen LogP contribution is 2.72. The van der Waals surface area contributed by atoms with Crippen LogP contribution in [0.25, 0.3) is 49.7 Å². The van der Waals surface area contributed by atoms with Crippen molar-refractivity contribution >= 4 is 33.4 Å². The predicted molar refractivity (Wildman–Crippen MR) is 258 cm³/mol. The quantitative estimate of drug-likeness (QED) is 0.172. The Hall–Kier alpha value is -7.48. The van der Waals surface area contributed by atoms with Gasteiger partial charge in [0, 0.05) is 28.6 Å². The second kappa shape index (κ2) is 12.1. The van der Waals surface area contributed by atoms with Gasteiger partial charge in [0.2, 0.25) is 0 Å². The van der Waals surface area contributed by atoms with Crippen LogP contribution >= 0.6 is 0 Å². The summed E-state index contributed by atoms with van der Waals surface area (Å²) in [5.74, 6) is 0.633. The van der Waals surface area contributed by atoms with Crippen LogP contribution in [0.5, 0.6) is 0 Å². The van der Waals surface area contributed by atoms with E-state index < -0.39 is 5.41 Å². The highest BCUT2D eigenvalue weighted by atomic mass is 15.1. The van der Waals surface area contributed by atoms with Crippen molar-refractivity contribution in [3.63, 3.8) is 0 Å². The Balaban J connectivity index is 1.06. The highest BCUT2D eigenvalue weighted by Gasteiger charge is 2.62. The molecule has 4 atom stereocenters. The number of hydrogen-bond donors (Lipinski definition) is 0. The summed E-state index contributed by atoms with van der Waals surface area (Å²) in [5, 5.41) is 2.45. The smallest absolute Gasteiger partial charge is 0.0726 e. The van der Waals surface area contributed by atoms with Crippen molar-refractivity contribution in [3.8, 4) is 33.4 Å². The minimum absolute atomic E-state index is 0.260. The molecule has 6 aliphatic rings. The Morgan fingerprint density at radius 1 is 0.532 bits per heavy atom. The van der Waals surface area contributed by atoms with Crippen LogP contribution in [-0.2, 0) is 10.8 Å². The SMILES string of the molecule is C=C/C=C1\C(=C/C)c2ccccc2C12c1ccccc1-c1ccc(N(c3ccc4c(c3)C35c6c-4cccc6-c4cccc(c43)C3C=CC=CC35)c3cccc4ccccc34)cc12. The average Bonchev–Trinajstić information content (AvgIpc) is 4.07. The number of allylic oxidation sites excluding steroid dienone is 9. The van der Waals surface area contributed by atoms with Gasteiger partial charge in [-0.25, -0.2) is 0 Å². The zero-order chi connectivity index (χ0) is 40.9. The molecule has 290 valence electrons. The number of benzene rings is 8. The molecule has 0 fully saturated rings. The van der Waals surface area contributed by atoms with Crippen LogP contribution < -0.4 is 4.90 Å². The predicted octanol–water partition coefficient (Wildman–Crippen LogP) is 15.3. The van der Waals surface area contributed by atoms with Crippen LogP contribution in [0.3, 0.4) is 0 Å². The number of nitrogens with zero attached hydrogens (tertiary/aromatic N) is 1. The molecule has 62 heavy (non-hydrogen) atoms. The first-order valence-corrected chi connectivity index (χ1v) is 22.1. The van der Waals surface area contributed by atoms with E-state index in [0.717, 1.165) is 5.69 Å². The van der Waals surface area contributed by atoms with Crippen molar-refractivity contribution in [1.29, 1.82) is 0 Å². The molecule has 14 rings (SSSR count). The molecule has 8 aromatic carbocycles. The lowest BCUT2D eigenvalue weighted by Crippen LogP contribution is -2.31. The second-order valence-corrected chi connectivity index (χ2v) is 17.8. The summed E-state index contributed by atoms with van der Waals surface area (Å²) in [5.41, 5.74) is 24.5. The second-order valence-electron chi connectivity index (χ2n) is 17.8. The third-order valence-corrected chi connectivity index (χ3v) is 15.4. The van der Waals surface area contributed by atoms with Gasteiger partial charge in [-0.2, -0.15) is 0 Å². The molecule has 1 nitrogen and oxygen atoms in total. The normalized spacial score (nSPS) is 23.0. The summed E-state index contributed by atoms with van der Waals surface area (Å²) in [6, 6.07) is 62.5. The topological polar surface area (TPSA) is 3.24 Å². The summed E-state index contributed by atoms with van der Waals surface area (Å²) in [6.45, 7) is 6.45. The lowest BCUT2D eigenvalue weighted by molar-refractivity contribution is 0.472. The zero-order valence-corrected chi connectivity index (χ0v) is 34.4. The standard InChI is InChI=1S/C61H41N/c1-3-16-51-40(4-2)42-20-7-10-27-52(42)60(51)53-28-11-8-21-43(53)45-33-31-38(35-55(45)60)62(57-30-13-18-37-17-5-6-19-41(37)57)39-32-34-46-48-24-15-26-50-49-25-14-23-47-44-22-9-12-29-54(44)61(58(47)49,59(48)50)56(46)36-39/h3-36,44,54H,1H2,2H3/b40-4-,51-16+. The van der Waals surface area contributed by atoms with Gasteiger partial charge >= 0.3 is 0 Å². The summed E-state index contributed by atoms with van der Waals surface area (Å²) in [4.78, 5) is 2.55. The van der Waals surface area contributed by atoms with Gasteiger partial charge in [0.1, 0.15) is 0 Å². The fraction of sp³-hybridized carbons (Fsp3) is 0.0820. The molecule has 0 aromatic heterocycles. The first-order valence-electron chi connectivity index (χ1n) is 22.1. The van der Waals surface area contributed by atoms with E-state index >= 15 is 0 Å². The van der Waals surface area contributed by atoms with E-state index in [2.05, 4.69) is 219 Å². The van der Waals surface area contributed by atoms with Crippen LogP contribution in [-0.4, -0.2) is 0 Å². The lowest BCUT2D eigenvalue weighted by Gasteiger charge is -2.35. The number of rotatable bonds is 4. The Labute approximate surface area is 362 Å². The first-order chi connectivity index (χ1) is 30.7. The highest BCUT2D eigenvalue weighted by molar-refractivity contribution is 6.04. The van der Waals surface area contributed by atoms with E-state index in [0.29, 0.717) is 11.8 Å². The summed E-state index contributed by atoms with van der Waals surface area (Å²) < 4.78 is 0. The van der Waals surface area contributed by atoms with E-state index in [1.54, 1.807) is 0 Å². The maximum Gasteiger partial charge on any atom is 0.0726 e. The molecule has 2 spiro atoms. The van der Waals surface area contributed by atoms with E-state index in [4.69, 9.17) is 0 Å². The van der Waals surface area contributed by atoms with E-state index in [9.17, 15) is 0 Å². The van der Waals surface area contributed by atoms with Crippen molar-refractivity contribution < 1.29 is 0 Å². The molecule has 0 heterocycles. The molecule has 6 aliphatic carbocycles. The van der Waals surface area contributed by atoms with E-state index in [-0.39, 0.29) is 5.41 Å². The maximum atomic E-state index is 4.27. The van der Waals surface area contributed by atoms with E-state index in [1.165, 1.54) is 111 Å². The summed E-state index contributed by atoms with van der Waals surface area (Å²) >= 11 is 0. The summed E-state index contributed by atoms with van der Waals surface area (Å²) in [6.07, 6.45) is 16.0. The van der Waals surface area contributed by atoms with Crippen molar-refractivity contribution in [2.24, 2.45) is 5.92 Å². The molecule has 0 radical (unpaired) electrons. The number of anilines is 3. The van der Waals surface area contributed by atoms with Crippen molar-refractivity contribution in [1.82, 2.24) is 0 Å². The Bertz CT molecular complexity index is 3470. The number of fused-ring (bicyclic) bond motifs is 13. The lowest BCUT2D eigenvalue weighted by atomic mass is 9.67. The third kappa shape index (κ3) is 3.88. The summed E-state index contributed by atoms with van der Waals surface area (Å²) in [7, 11) is 0. The van der Waals surface area contributed by atoms with Crippen LogP contribution in [0.2, 0.25) is 0 Å². The van der Waals surface area contributed by atoms with Crippen molar-refractivity contribution in [3.05, 3.63) is 263 Å². The van der Waals surface area contributed by atoms with Crippen LogP contribution in [0, 0.1) is 5.92 Å². The molecule has 0 saturated heterocycles. The van der Waals surface area contributed by atoms with Gasteiger partial charge in [-0.15, -0.1) is 0 Å². The monoisotopic (exact) mass is 787 g/mol. The minimum atomic E-state index is -0.502. The van der Waals surface area contributed by atoms with Gasteiger partial charge in [-0.3, -0.25) is 0 Å². The number of hydrogen-bond acceptors (Lipinski definition) is 1. The Morgan fingerprint density at radius 2 is 1.13 bits per heavy atom. The van der Waals surface area contributed by atoms with Crippen molar-refractivity contribution in [2.75, 3.05) is 4.90 Å². The fourth-order valence-electron chi connectivity index (χ4n) is 13.4. The fourth-order valence-corrected chi connectivity index (χ4v) is 13.4. The van der Waals surface area contributed by atoms with Gasteiger partial charge in [-0.05, 0) is 132 Å². The Morgan fingerprint density at radius 3 is 1.94 bits per heavy atom. The van der Waals surface area contributed by atoms with Gasteiger partial charge in [0.15, 0.2) is 0 Å². The van der Waals surface area contributed by atoms with Gasteiger partial charge in [-0.1, -0.05) is 183 Å². The molecule has 0 saturated carbocycles. The molecule has 0 aliphatic heterocycles. The molecule has 0 amide bonds. The Kier molecular flexibility index (Phi) is 6.68. The molecule has 0 N–H and O–H groups in total. The molecule has 0 bridgehead atoms. The van der Waals surface area contributed by atoms with Gasteiger partial charge in [0.05, 0.1) is 16.5 Å². The molecule has 4 unspecified atom stereocenters.